The third kappa shape index (κ3) is 2.19. The lowest BCUT2D eigenvalue weighted by molar-refractivity contribution is -0.137. The molecule has 1 aliphatic heterocycles. The largest absolute Gasteiger partial charge is 0.481 e. The number of aliphatic carboxylic acids is 1. The average molecular weight is 262 g/mol. The Morgan fingerprint density at radius 2 is 2.21 bits per heavy atom. The molecule has 8 heteroatoms. The number of aromatic nitrogens is 4. The van der Waals surface area contributed by atoms with Crippen LogP contribution in [-0.4, -0.2) is 38.1 Å². The molecule has 0 bridgehead atoms. The molecule has 0 spiro atoms. The van der Waals surface area contributed by atoms with E-state index in [1.165, 1.54) is 4.68 Å². The maximum Gasteiger partial charge on any atom is 0.303 e. The molecule has 0 fully saturated rings. The van der Waals surface area contributed by atoms with Crippen molar-refractivity contribution in [2.75, 3.05) is 6.79 Å². The van der Waals surface area contributed by atoms with Crippen LogP contribution in [0.5, 0.6) is 11.5 Å². The van der Waals surface area contributed by atoms with Crippen LogP contribution in [0.25, 0.3) is 5.69 Å². The van der Waals surface area contributed by atoms with Crippen molar-refractivity contribution in [1.82, 2.24) is 20.2 Å². The Morgan fingerprint density at radius 3 is 3.05 bits per heavy atom. The number of carboxylic acid groups (broad SMARTS) is 1. The molecule has 0 atom stereocenters. The molecule has 1 aromatic carbocycles. The van der Waals surface area contributed by atoms with Gasteiger partial charge in [-0.25, -0.2) is 0 Å². The number of benzene rings is 1. The van der Waals surface area contributed by atoms with Gasteiger partial charge in [0.25, 0.3) is 0 Å². The monoisotopic (exact) mass is 262 g/mol. The second-order valence-electron chi connectivity index (χ2n) is 3.94. The Labute approximate surface area is 107 Å². The molecule has 0 saturated heterocycles. The summed E-state index contributed by atoms with van der Waals surface area (Å²) in [6.45, 7) is 0.195. The summed E-state index contributed by atoms with van der Waals surface area (Å²) in [6, 6.07) is 5.30. The molecular weight excluding hydrogens is 252 g/mol. The van der Waals surface area contributed by atoms with Gasteiger partial charge in [-0.2, -0.15) is 4.68 Å². The van der Waals surface area contributed by atoms with Gasteiger partial charge in [-0.15, -0.1) is 5.10 Å². The minimum Gasteiger partial charge on any atom is -0.481 e. The first-order chi connectivity index (χ1) is 9.24. The molecule has 2 heterocycles. The number of aryl methyl sites for hydroxylation is 1. The Morgan fingerprint density at radius 1 is 1.37 bits per heavy atom. The maximum absolute atomic E-state index is 10.6. The van der Waals surface area contributed by atoms with Crippen LogP contribution < -0.4 is 9.47 Å². The second-order valence-corrected chi connectivity index (χ2v) is 3.94. The summed E-state index contributed by atoms with van der Waals surface area (Å²) in [5.41, 5.74) is 0.703. The number of carbonyl (C=O) groups is 1. The molecule has 0 radical (unpaired) electrons. The quantitative estimate of drug-likeness (QED) is 0.851. The molecule has 8 nitrogen and oxygen atoms in total. The molecule has 1 aromatic heterocycles. The van der Waals surface area contributed by atoms with Crippen molar-refractivity contribution in [2.45, 2.75) is 12.8 Å². The minimum absolute atomic E-state index is 0.0229. The lowest BCUT2D eigenvalue weighted by Gasteiger charge is -2.04. The molecule has 1 aliphatic rings. The molecule has 98 valence electrons. The van der Waals surface area contributed by atoms with E-state index in [9.17, 15) is 4.79 Å². The van der Waals surface area contributed by atoms with Gasteiger partial charge in [-0.05, 0) is 22.6 Å². The second kappa shape index (κ2) is 4.56. The zero-order chi connectivity index (χ0) is 13.2. The molecule has 0 aliphatic carbocycles. The third-order valence-corrected chi connectivity index (χ3v) is 2.70. The van der Waals surface area contributed by atoms with Crippen LogP contribution in [0.3, 0.4) is 0 Å². The van der Waals surface area contributed by atoms with E-state index in [2.05, 4.69) is 15.5 Å². The Bertz CT molecular complexity index is 625. The van der Waals surface area contributed by atoms with E-state index in [1.807, 2.05) is 0 Å². The van der Waals surface area contributed by atoms with Gasteiger partial charge in [0.2, 0.25) is 6.79 Å². The number of tetrazole rings is 1. The first kappa shape index (κ1) is 11.5. The van der Waals surface area contributed by atoms with Crippen molar-refractivity contribution in [3.05, 3.63) is 24.0 Å². The average Bonchev–Trinajstić information content (AvgIpc) is 3.04. The Kier molecular flexibility index (Phi) is 2.75. The number of fused-ring (bicyclic) bond motifs is 1. The molecule has 0 saturated carbocycles. The third-order valence-electron chi connectivity index (χ3n) is 2.70. The maximum atomic E-state index is 10.6. The van der Waals surface area contributed by atoms with E-state index in [4.69, 9.17) is 14.6 Å². The van der Waals surface area contributed by atoms with E-state index in [1.54, 1.807) is 18.2 Å². The van der Waals surface area contributed by atoms with Gasteiger partial charge in [-0.1, -0.05) is 0 Å². The molecule has 2 aromatic rings. The Hall–Kier alpha value is -2.64. The highest BCUT2D eigenvalue weighted by molar-refractivity contribution is 5.66. The van der Waals surface area contributed by atoms with Crippen molar-refractivity contribution in [1.29, 1.82) is 0 Å². The molecular formula is C11H10N4O4. The zero-order valence-corrected chi connectivity index (χ0v) is 9.81. The van der Waals surface area contributed by atoms with Crippen LogP contribution >= 0.6 is 0 Å². The van der Waals surface area contributed by atoms with Crippen molar-refractivity contribution in [3.63, 3.8) is 0 Å². The zero-order valence-electron chi connectivity index (χ0n) is 9.81. The number of carboxylic acids is 1. The van der Waals surface area contributed by atoms with Gasteiger partial charge in [0, 0.05) is 12.5 Å². The fourth-order valence-electron chi connectivity index (χ4n) is 1.80. The van der Waals surface area contributed by atoms with Gasteiger partial charge in [0.05, 0.1) is 12.1 Å². The number of nitrogens with zero attached hydrogens (tertiary/aromatic N) is 4. The summed E-state index contributed by atoms with van der Waals surface area (Å²) in [6.07, 6.45) is 0.238. The van der Waals surface area contributed by atoms with E-state index in [0.29, 0.717) is 23.0 Å². The van der Waals surface area contributed by atoms with Crippen molar-refractivity contribution in [2.24, 2.45) is 0 Å². The van der Waals surface area contributed by atoms with E-state index in [0.717, 1.165) is 0 Å². The minimum atomic E-state index is -0.889. The molecule has 1 N–H and O–H groups in total. The summed E-state index contributed by atoms with van der Waals surface area (Å²) in [7, 11) is 0. The predicted molar refractivity (Wildman–Crippen MR) is 61.2 cm³/mol. The lowest BCUT2D eigenvalue weighted by atomic mass is 10.2. The fraction of sp³-hybridized carbons (Fsp3) is 0.273. The van der Waals surface area contributed by atoms with Crippen LogP contribution in [0.4, 0.5) is 0 Å². The van der Waals surface area contributed by atoms with E-state index < -0.39 is 5.97 Å². The summed E-state index contributed by atoms with van der Waals surface area (Å²) in [4.78, 5) is 10.6. The number of hydrogen-bond donors (Lipinski definition) is 1. The first-order valence-corrected chi connectivity index (χ1v) is 5.63. The number of ether oxygens (including phenoxy) is 2. The van der Waals surface area contributed by atoms with Gasteiger partial charge >= 0.3 is 5.97 Å². The SMILES string of the molecule is O=C(O)CCc1nnnn1-c1ccc2c(c1)OCO2. The normalized spacial score (nSPS) is 12.6. The predicted octanol–water partition coefficient (Wildman–Crippen LogP) is 0.408. The standard InChI is InChI=1S/C11H10N4O4/c16-11(17)4-3-10-12-13-14-15(10)7-1-2-8-9(5-7)19-6-18-8/h1-2,5H,3-4,6H2,(H,16,17). The van der Waals surface area contributed by atoms with Crippen LogP contribution in [0.15, 0.2) is 18.2 Å². The summed E-state index contributed by atoms with van der Waals surface area (Å²) in [5.74, 6) is 0.891. The summed E-state index contributed by atoms with van der Waals surface area (Å²) >= 11 is 0. The molecule has 0 amide bonds. The van der Waals surface area contributed by atoms with Crippen molar-refractivity contribution < 1.29 is 19.4 Å². The molecule has 3 rings (SSSR count). The smallest absolute Gasteiger partial charge is 0.303 e. The van der Waals surface area contributed by atoms with Crippen molar-refractivity contribution in [3.8, 4) is 17.2 Å². The van der Waals surface area contributed by atoms with Gasteiger partial charge in [0.1, 0.15) is 0 Å². The number of rotatable bonds is 4. The lowest BCUT2D eigenvalue weighted by Crippen LogP contribution is -2.06. The fourth-order valence-corrected chi connectivity index (χ4v) is 1.80. The van der Waals surface area contributed by atoms with E-state index >= 15 is 0 Å². The topological polar surface area (TPSA) is 99.4 Å². The Balaban J connectivity index is 1.90. The highest BCUT2D eigenvalue weighted by Crippen LogP contribution is 2.33. The number of hydrogen-bond acceptors (Lipinski definition) is 6. The highest BCUT2D eigenvalue weighted by atomic mass is 16.7. The van der Waals surface area contributed by atoms with Crippen LogP contribution in [0.1, 0.15) is 12.2 Å². The van der Waals surface area contributed by atoms with Crippen LogP contribution in [0.2, 0.25) is 0 Å². The summed E-state index contributed by atoms with van der Waals surface area (Å²) in [5, 5.41) is 19.9. The molecule has 19 heavy (non-hydrogen) atoms. The summed E-state index contributed by atoms with van der Waals surface area (Å²) < 4.78 is 12.0. The highest BCUT2D eigenvalue weighted by Gasteiger charge is 2.16. The van der Waals surface area contributed by atoms with E-state index in [-0.39, 0.29) is 19.6 Å². The molecule has 0 unspecified atom stereocenters. The van der Waals surface area contributed by atoms with Gasteiger partial charge < -0.3 is 14.6 Å². The van der Waals surface area contributed by atoms with Gasteiger partial charge in [0.15, 0.2) is 17.3 Å². The van der Waals surface area contributed by atoms with Crippen molar-refractivity contribution >= 4 is 5.97 Å². The first-order valence-electron chi connectivity index (χ1n) is 5.63. The van der Waals surface area contributed by atoms with Crippen LogP contribution in [-0.2, 0) is 11.2 Å². The van der Waals surface area contributed by atoms with Crippen LogP contribution in [0, 0.1) is 0 Å². The van der Waals surface area contributed by atoms with Gasteiger partial charge in [-0.3, -0.25) is 4.79 Å².